The number of rotatable bonds is 5. The molecule has 0 spiro atoms. The number of hydrogen-bond acceptors (Lipinski definition) is 6. The Kier molecular flexibility index (Phi) is 7.06. The number of ketones is 1. The summed E-state index contributed by atoms with van der Waals surface area (Å²) in [5.41, 5.74) is 6.61. The molecule has 5 aliphatic carbocycles. The molecule has 1 aromatic rings. The van der Waals surface area contributed by atoms with Crippen LogP contribution in [0.1, 0.15) is 63.0 Å². The summed E-state index contributed by atoms with van der Waals surface area (Å²) in [5, 5.41) is 3.20. The topological polar surface area (TPSA) is 83.1 Å². The van der Waals surface area contributed by atoms with Crippen molar-refractivity contribution in [2.45, 2.75) is 64.3 Å². The number of ether oxygens (including phenoxy) is 4. The van der Waals surface area contributed by atoms with Crippen molar-refractivity contribution in [3.63, 3.8) is 0 Å². The fourth-order valence-corrected chi connectivity index (χ4v) is 6.95. The van der Waals surface area contributed by atoms with E-state index < -0.39 is 5.92 Å². The van der Waals surface area contributed by atoms with Crippen molar-refractivity contribution < 1.29 is 28.5 Å². The number of carbonyl (C=O) groups excluding carboxylic acids is 2. The Bertz CT molecular complexity index is 1220. The van der Waals surface area contributed by atoms with Gasteiger partial charge in [-0.3, -0.25) is 9.59 Å². The number of methoxy groups -OCH3 is 4. The molecule has 7 nitrogen and oxygen atoms in total. The summed E-state index contributed by atoms with van der Waals surface area (Å²) >= 11 is 0. The van der Waals surface area contributed by atoms with E-state index in [1.54, 1.807) is 35.4 Å². The summed E-state index contributed by atoms with van der Waals surface area (Å²) in [4.78, 5) is 26.6. The smallest absolute Gasteiger partial charge is 0.217 e. The summed E-state index contributed by atoms with van der Waals surface area (Å²) < 4.78 is 23.2. The van der Waals surface area contributed by atoms with Gasteiger partial charge < -0.3 is 24.3 Å². The molecule has 7 heteroatoms. The maximum absolute atomic E-state index is 14.1. The van der Waals surface area contributed by atoms with Crippen LogP contribution in [-0.4, -0.2) is 46.2 Å². The van der Waals surface area contributed by atoms with Gasteiger partial charge in [0.1, 0.15) is 0 Å². The Morgan fingerprint density at radius 3 is 2.22 bits per heavy atom. The molecule has 0 fully saturated rings. The van der Waals surface area contributed by atoms with Crippen LogP contribution in [0.3, 0.4) is 0 Å². The molecule has 1 amide bonds. The lowest BCUT2D eigenvalue weighted by atomic mass is 9.66. The average Bonchev–Trinajstić information content (AvgIpc) is 3.15. The Balaban J connectivity index is 1.87. The highest BCUT2D eigenvalue weighted by Gasteiger charge is 2.48. The number of fused-ring (bicyclic) bond motifs is 2. The lowest BCUT2D eigenvalue weighted by molar-refractivity contribution is -0.121. The summed E-state index contributed by atoms with van der Waals surface area (Å²) in [6.07, 6.45) is 9.74. The van der Waals surface area contributed by atoms with Crippen molar-refractivity contribution in [3.05, 3.63) is 45.7 Å². The van der Waals surface area contributed by atoms with Crippen LogP contribution in [0.5, 0.6) is 17.2 Å². The predicted octanol–water partition coefficient (Wildman–Crippen LogP) is 4.93. The van der Waals surface area contributed by atoms with Gasteiger partial charge in [-0.05, 0) is 67.4 Å². The molecule has 3 atom stereocenters. The number of nitrogens with one attached hydrogen (secondary N) is 1. The molecule has 0 heterocycles. The second-order valence-electron chi connectivity index (χ2n) is 10.3. The van der Waals surface area contributed by atoms with Gasteiger partial charge in [-0.25, -0.2) is 0 Å². The maximum atomic E-state index is 14.1. The second-order valence-corrected chi connectivity index (χ2v) is 10.3. The summed E-state index contributed by atoms with van der Waals surface area (Å²) in [7, 11) is 6.45. The van der Waals surface area contributed by atoms with Crippen LogP contribution < -0.4 is 19.5 Å². The van der Waals surface area contributed by atoms with Crippen molar-refractivity contribution >= 4 is 17.3 Å². The van der Waals surface area contributed by atoms with Crippen LogP contribution in [-0.2, 0) is 20.7 Å². The van der Waals surface area contributed by atoms with Crippen molar-refractivity contribution in [2.75, 3.05) is 28.4 Å². The summed E-state index contributed by atoms with van der Waals surface area (Å²) in [6.45, 7) is 1.54. The SMILES string of the molecule is COC1=C[C@@H]2C3=C(CCCCCC3)[C@H](C1=O)C1=C2c2c(cc(OC)c(OC)c2OC)CC[C@@H]1NC(C)=O. The van der Waals surface area contributed by atoms with Crippen LogP contribution in [0.15, 0.2) is 34.6 Å². The molecular formula is C30H37NO6. The Morgan fingerprint density at radius 2 is 1.59 bits per heavy atom. The van der Waals surface area contributed by atoms with Gasteiger partial charge in [0.2, 0.25) is 17.4 Å². The zero-order valence-corrected chi connectivity index (χ0v) is 22.5. The van der Waals surface area contributed by atoms with Gasteiger partial charge in [0.05, 0.1) is 40.4 Å². The van der Waals surface area contributed by atoms with Gasteiger partial charge in [0.15, 0.2) is 17.3 Å². The predicted molar refractivity (Wildman–Crippen MR) is 141 cm³/mol. The Morgan fingerprint density at radius 1 is 0.892 bits per heavy atom. The fourth-order valence-electron chi connectivity index (χ4n) is 6.95. The van der Waals surface area contributed by atoms with E-state index in [4.69, 9.17) is 18.9 Å². The molecule has 2 bridgehead atoms. The molecule has 0 saturated heterocycles. The third-order valence-electron chi connectivity index (χ3n) is 8.39. The van der Waals surface area contributed by atoms with Gasteiger partial charge in [0.25, 0.3) is 0 Å². The normalized spacial score (nSPS) is 24.9. The first-order chi connectivity index (χ1) is 17.9. The largest absolute Gasteiger partial charge is 0.493 e. The van der Waals surface area contributed by atoms with E-state index in [0.717, 1.165) is 48.0 Å². The van der Waals surface area contributed by atoms with Crippen LogP contribution in [0.25, 0.3) is 5.57 Å². The molecule has 1 N–H and O–H groups in total. The van der Waals surface area contributed by atoms with E-state index in [9.17, 15) is 9.59 Å². The molecule has 0 saturated carbocycles. The fraction of sp³-hybridized carbons (Fsp3) is 0.533. The first kappa shape index (κ1) is 25.4. The Hall–Kier alpha value is -3.22. The molecule has 0 aliphatic heterocycles. The third kappa shape index (κ3) is 4.12. The van der Waals surface area contributed by atoms with Gasteiger partial charge in [-0.15, -0.1) is 0 Å². The van der Waals surface area contributed by atoms with Gasteiger partial charge in [-0.2, -0.15) is 0 Å². The van der Waals surface area contributed by atoms with Crippen molar-refractivity contribution in [2.24, 2.45) is 11.8 Å². The van der Waals surface area contributed by atoms with Crippen LogP contribution in [0.2, 0.25) is 0 Å². The van der Waals surface area contributed by atoms with Crippen molar-refractivity contribution in [3.8, 4) is 17.2 Å². The van der Waals surface area contributed by atoms with Crippen molar-refractivity contribution in [1.82, 2.24) is 5.32 Å². The quantitative estimate of drug-likeness (QED) is 0.570. The third-order valence-corrected chi connectivity index (χ3v) is 8.39. The number of Topliss-reactive ketones (excluding diaryl/α,β-unsaturated/α-hetero) is 1. The highest BCUT2D eigenvalue weighted by molar-refractivity contribution is 6.05. The molecule has 5 aliphatic rings. The molecule has 1 aromatic carbocycles. The standard InChI is InChI=1S/C30H37NO6/c1-16(32)31-21-13-12-17-14-23(35-3)29(36-4)30(37-5)24(17)25-20-15-22(34-2)28(33)26(27(21)25)19-11-9-7-6-8-10-18(19)20/h14-15,20-21,26H,6-13H2,1-5H3,(H,31,32)/t20-,21+,26+/m1/s1. The van der Waals surface area contributed by atoms with E-state index in [0.29, 0.717) is 35.8 Å². The number of aryl methyl sites for hydroxylation is 1. The highest BCUT2D eigenvalue weighted by Crippen LogP contribution is 2.57. The molecule has 198 valence electrons. The molecular weight excluding hydrogens is 470 g/mol. The number of carbonyl (C=O) groups is 2. The first-order valence-corrected chi connectivity index (χ1v) is 13.3. The minimum absolute atomic E-state index is 0.0127. The molecule has 6 rings (SSSR count). The number of amides is 1. The number of benzene rings is 1. The summed E-state index contributed by atoms with van der Waals surface area (Å²) in [6, 6.07) is 1.74. The zero-order valence-electron chi connectivity index (χ0n) is 22.5. The maximum Gasteiger partial charge on any atom is 0.217 e. The van der Waals surface area contributed by atoms with E-state index >= 15 is 0 Å². The first-order valence-electron chi connectivity index (χ1n) is 13.3. The molecule has 0 aromatic heterocycles. The minimum atomic E-state index is -0.450. The minimum Gasteiger partial charge on any atom is -0.493 e. The van der Waals surface area contributed by atoms with E-state index in [1.807, 2.05) is 12.1 Å². The van der Waals surface area contributed by atoms with Crippen LogP contribution >= 0.6 is 0 Å². The average molecular weight is 508 g/mol. The van der Waals surface area contributed by atoms with Crippen LogP contribution in [0, 0.1) is 11.8 Å². The van der Waals surface area contributed by atoms with Crippen molar-refractivity contribution in [1.29, 1.82) is 0 Å². The zero-order chi connectivity index (χ0) is 26.3. The van der Waals surface area contributed by atoms with E-state index in [2.05, 4.69) is 5.32 Å². The van der Waals surface area contributed by atoms with Gasteiger partial charge in [-0.1, -0.05) is 24.0 Å². The monoisotopic (exact) mass is 507 g/mol. The lowest BCUT2D eigenvalue weighted by Crippen LogP contribution is -2.41. The molecule has 37 heavy (non-hydrogen) atoms. The lowest BCUT2D eigenvalue weighted by Gasteiger charge is -2.38. The summed E-state index contributed by atoms with van der Waals surface area (Å²) in [5.74, 6) is 1.43. The van der Waals surface area contributed by atoms with E-state index in [1.165, 1.54) is 24.0 Å². The molecule has 0 radical (unpaired) electrons. The Labute approximate surface area is 218 Å². The molecule has 0 unspecified atom stereocenters. The van der Waals surface area contributed by atoms with Gasteiger partial charge in [0, 0.05) is 18.4 Å². The van der Waals surface area contributed by atoms with E-state index in [-0.39, 0.29) is 23.7 Å². The number of allylic oxidation sites excluding steroid dienone is 5. The second kappa shape index (κ2) is 10.3. The highest BCUT2D eigenvalue weighted by atomic mass is 16.5. The van der Waals surface area contributed by atoms with Crippen LogP contribution in [0.4, 0.5) is 0 Å². The number of hydrogen-bond donors (Lipinski definition) is 1. The van der Waals surface area contributed by atoms with Gasteiger partial charge >= 0.3 is 0 Å².